The van der Waals surface area contributed by atoms with Crippen molar-refractivity contribution < 1.29 is 9.59 Å². The molecule has 28 heavy (non-hydrogen) atoms. The molecular weight excluding hydrogens is 393 g/mol. The zero-order valence-electron chi connectivity index (χ0n) is 16.6. The van der Waals surface area contributed by atoms with Crippen molar-refractivity contribution in [1.29, 1.82) is 0 Å². The topological polar surface area (TPSA) is 37.4 Å². The first kappa shape index (κ1) is 22.4. The van der Waals surface area contributed by atoms with Crippen molar-refractivity contribution in [2.24, 2.45) is 0 Å². The maximum atomic E-state index is 12.0. The standard InChI is InChI=1S/C23H27Cl2NO2/c1-4-6-8-17(5-2)11-12-19(16(3)24)20-10-7-9-18(15-21(20)25)26-22(27)13-14-23(26)28/h9-12,15H,3-8,13-14H2,1-2H3/b17-11+,19-12+. The highest BCUT2D eigenvalue weighted by molar-refractivity contribution is 6.35. The molecule has 1 aliphatic heterocycles. The van der Waals surface area contributed by atoms with E-state index in [1.54, 1.807) is 6.08 Å². The van der Waals surface area contributed by atoms with Crippen LogP contribution in [0, 0.1) is 0 Å². The predicted molar refractivity (Wildman–Crippen MR) is 117 cm³/mol. The van der Waals surface area contributed by atoms with Crippen molar-refractivity contribution in [1.82, 2.24) is 4.90 Å². The van der Waals surface area contributed by atoms with E-state index in [-0.39, 0.29) is 24.7 Å². The predicted octanol–water partition coefficient (Wildman–Crippen LogP) is 6.68. The monoisotopic (exact) mass is 419 g/mol. The number of hydrogen-bond acceptors (Lipinski definition) is 2. The zero-order chi connectivity index (χ0) is 20.7. The van der Waals surface area contributed by atoms with E-state index in [2.05, 4.69) is 26.5 Å². The van der Waals surface area contributed by atoms with Gasteiger partial charge in [0, 0.05) is 29.1 Å². The van der Waals surface area contributed by atoms with Gasteiger partial charge in [0.15, 0.2) is 0 Å². The first-order valence-electron chi connectivity index (χ1n) is 9.77. The van der Waals surface area contributed by atoms with Crippen LogP contribution >= 0.6 is 23.2 Å². The minimum Gasteiger partial charge on any atom is -0.274 e. The summed E-state index contributed by atoms with van der Waals surface area (Å²) in [5.41, 5.74) is 3.38. The normalized spacial score (nSPS) is 18.7. The number of amides is 2. The zero-order valence-corrected chi connectivity index (χ0v) is 18.1. The van der Waals surface area contributed by atoms with Crippen molar-refractivity contribution in [3.05, 3.63) is 69.4 Å². The highest BCUT2D eigenvalue weighted by atomic mass is 35.5. The Kier molecular flexibility index (Phi) is 8.53. The van der Waals surface area contributed by atoms with E-state index in [4.69, 9.17) is 23.2 Å². The summed E-state index contributed by atoms with van der Waals surface area (Å²) < 4.78 is 0. The average molecular weight is 420 g/mol. The number of likely N-dealkylation sites (tertiary alicyclic amines) is 1. The lowest BCUT2D eigenvalue weighted by atomic mass is 10.0. The first-order valence-corrected chi connectivity index (χ1v) is 10.5. The van der Waals surface area contributed by atoms with Gasteiger partial charge in [-0.3, -0.25) is 14.5 Å². The largest absolute Gasteiger partial charge is 0.274 e. The molecule has 0 aromatic carbocycles. The second-order valence-corrected chi connectivity index (χ2v) is 7.73. The van der Waals surface area contributed by atoms with Crippen LogP contribution in [0.2, 0.25) is 0 Å². The lowest BCUT2D eigenvalue weighted by Gasteiger charge is -2.15. The first-order chi connectivity index (χ1) is 13.4. The number of carbonyl (C=O) groups is 2. The molecule has 0 aromatic rings. The molecule has 1 aliphatic carbocycles. The number of halogens is 2. The van der Waals surface area contributed by atoms with Gasteiger partial charge >= 0.3 is 0 Å². The van der Waals surface area contributed by atoms with E-state index in [1.807, 2.05) is 18.2 Å². The second kappa shape index (κ2) is 10.6. The van der Waals surface area contributed by atoms with Crippen LogP contribution in [-0.4, -0.2) is 16.7 Å². The number of nitrogens with zero attached hydrogens (tertiary/aromatic N) is 1. The number of imide groups is 1. The number of rotatable bonds is 8. The molecular formula is C23H27Cl2NO2. The third-order valence-corrected chi connectivity index (χ3v) is 5.38. The van der Waals surface area contributed by atoms with E-state index in [0.29, 0.717) is 22.2 Å². The molecule has 0 N–H and O–H groups in total. The Labute approximate surface area is 177 Å². The summed E-state index contributed by atoms with van der Waals surface area (Å²) >= 11 is 12.9. The lowest BCUT2D eigenvalue weighted by Crippen LogP contribution is -2.27. The summed E-state index contributed by atoms with van der Waals surface area (Å²) in [6, 6.07) is 0. The van der Waals surface area contributed by atoms with E-state index in [0.717, 1.165) is 36.8 Å². The molecule has 2 rings (SSSR count). The van der Waals surface area contributed by atoms with Crippen LogP contribution in [0.4, 0.5) is 0 Å². The van der Waals surface area contributed by atoms with E-state index in [9.17, 15) is 9.59 Å². The second-order valence-electron chi connectivity index (χ2n) is 6.86. The van der Waals surface area contributed by atoms with Crippen LogP contribution < -0.4 is 0 Å². The Hall–Kier alpha value is -1.84. The summed E-state index contributed by atoms with van der Waals surface area (Å²) in [7, 11) is 0. The number of hydrogen-bond donors (Lipinski definition) is 0. The maximum Gasteiger partial charge on any atom is 0.234 e. The minimum atomic E-state index is -0.190. The van der Waals surface area contributed by atoms with E-state index in [1.165, 1.54) is 10.5 Å². The third kappa shape index (κ3) is 5.59. The molecule has 0 bridgehead atoms. The Balaban J connectivity index is 2.32. The van der Waals surface area contributed by atoms with Gasteiger partial charge in [0.1, 0.15) is 0 Å². The fourth-order valence-corrected chi connectivity index (χ4v) is 3.69. The van der Waals surface area contributed by atoms with Crippen LogP contribution in [0.1, 0.15) is 58.8 Å². The molecule has 150 valence electrons. The third-order valence-electron chi connectivity index (χ3n) is 4.86. The maximum absolute atomic E-state index is 12.0. The van der Waals surface area contributed by atoms with Crippen LogP contribution in [-0.2, 0) is 9.59 Å². The van der Waals surface area contributed by atoms with Gasteiger partial charge in [0.05, 0.1) is 5.03 Å². The molecule has 1 fully saturated rings. The quantitative estimate of drug-likeness (QED) is 0.325. The number of allylic oxidation sites excluding steroid dienone is 10. The molecule has 1 saturated heterocycles. The van der Waals surface area contributed by atoms with E-state index >= 15 is 0 Å². The van der Waals surface area contributed by atoms with Gasteiger partial charge in [-0.25, -0.2) is 0 Å². The Morgan fingerprint density at radius 1 is 1.18 bits per heavy atom. The van der Waals surface area contributed by atoms with Crippen molar-refractivity contribution in [3.8, 4) is 0 Å². The molecule has 0 unspecified atom stereocenters. The van der Waals surface area contributed by atoms with Crippen molar-refractivity contribution in [2.45, 2.75) is 58.8 Å². The molecule has 1 heterocycles. The van der Waals surface area contributed by atoms with Gasteiger partial charge in [-0.05, 0) is 37.3 Å². The SMILES string of the molecule is C=C(Cl)/C(=C\C=C(/CC)CCCC)C1=CCC=C(N2C(=O)CCC2=O)C=C1Cl. The molecule has 0 radical (unpaired) electrons. The fourth-order valence-electron chi connectivity index (χ4n) is 3.23. The Bertz CT molecular complexity index is 796. The molecule has 0 saturated carbocycles. The van der Waals surface area contributed by atoms with Crippen LogP contribution in [0.5, 0.6) is 0 Å². The van der Waals surface area contributed by atoms with Crippen molar-refractivity contribution in [3.63, 3.8) is 0 Å². The smallest absolute Gasteiger partial charge is 0.234 e. The molecule has 0 spiro atoms. The molecule has 2 aliphatic rings. The number of carbonyl (C=O) groups excluding carboxylic acids is 2. The molecule has 0 aromatic heterocycles. The van der Waals surface area contributed by atoms with Crippen LogP contribution in [0.3, 0.4) is 0 Å². The lowest BCUT2D eigenvalue weighted by molar-refractivity contribution is -0.135. The van der Waals surface area contributed by atoms with Gasteiger partial charge in [0.25, 0.3) is 0 Å². The van der Waals surface area contributed by atoms with Crippen LogP contribution in [0.15, 0.2) is 69.4 Å². The molecule has 2 amide bonds. The van der Waals surface area contributed by atoms with E-state index < -0.39 is 0 Å². The molecule has 5 heteroatoms. The van der Waals surface area contributed by atoms with Gasteiger partial charge in [-0.1, -0.05) is 79.9 Å². The minimum absolute atomic E-state index is 0.190. The highest BCUT2D eigenvalue weighted by Gasteiger charge is 2.31. The van der Waals surface area contributed by atoms with Gasteiger partial charge < -0.3 is 0 Å². The summed E-state index contributed by atoms with van der Waals surface area (Å²) in [4.78, 5) is 25.3. The molecule has 3 nitrogen and oxygen atoms in total. The molecule has 0 atom stereocenters. The van der Waals surface area contributed by atoms with Gasteiger partial charge in [0.2, 0.25) is 11.8 Å². The summed E-state index contributed by atoms with van der Waals surface area (Å²) in [5.74, 6) is -0.381. The van der Waals surface area contributed by atoms with Gasteiger partial charge in [-0.15, -0.1) is 0 Å². The number of unbranched alkanes of at least 4 members (excludes halogenated alkanes) is 1. The summed E-state index contributed by atoms with van der Waals surface area (Å²) in [5, 5.41) is 0.834. The Morgan fingerprint density at radius 3 is 2.43 bits per heavy atom. The fraction of sp³-hybridized carbons (Fsp3) is 0.391. The average Bonchev–Trinajstić information content (AvgIpc) is 2.88. The highest BCUT2D eigenvalue weighted by Crippen LogP contribution is 2.34. The van der Waals surface area contributed by atoms with Crippen molar-refractivity contribution in [2.75, 3.05) is 0 Å². The van der Waals surface area contributed by atoms with Crippen molar-refractivity contribution >= 4 is 35.0 Å². The summed E-state index contributed by atoms with van der Waals surface area (Å²) in [6.45, 7) is 8.21. The van der Waals surface area contributed by atoms with Gasteiger partial charge in [-0.2, -0.15) is 0 Å². The summed E-state index contributed by atoms with van der Waals surface area (Å²) in [6.07, 6.45) is 14.9. The van der Waals surface area contributed by atoms with Crippen LogP contribution in [0.25, 0.3) is 0 Å². The Morgan fingerprint density at radius 2 is 1.86 bits per heavy atom.